The maximum Gasteiger partial charge on any atom is 0.303 e. The van der Waals surface area contributed by atoms with Crippen LogP contribution < -0.4 is 9.64 Å². The highest BCUT2D eigenvalue weighted by Gasteiger charge is 2.30. The molecule has 1 aliphatic rings. The number of carbonyl (C=O) groups is 1. The molecule has 2 aromatic rings. The molecule has 1 fully saturated rings. The quantitative estimate of drug-likeness (QED) is 0.636. The van der Waals surface area contributed by atoms with Gasteiger partial charge in [-0.15, -0.1) is 0 Å². The second-order valence-corrected chi connectivity index (χ2v) is 8.72. The first-order chi connectivity index (χ1) is 14.3. The van der Waals surface area contributed by atoms with Crippen LogP contribution in [0.4, 0.5) is 14.5 Å². The number of aliphatic carboxylic acids is 1. The first kappa shape index (κ1) is 22.0. The van der Waals surface area contributed by atoms with Crippen LogP contribution in [0.3, 0.4) is 0 Å². The maximum atomic E-state index is 14.3. The monoisotopic (exact) mass is 440 g/mol. The lowest BCUT2D eigenvalue weighted by molar-refractivity contribution is -0.137. The molecule has 1 saturated heterocycles. The van der Waals surface area contributed by atoms with E-state index in [4.69, 9.17) is 9.84 Å². The van der Waals surface area contributed by atoms with E-state index in [0.717, 1.165) is 6.07 Å². The van der Waals surface area contributed by atoms with Crippen molar-refractivity contribution in [1.82, 2.24) is 4.31 Å². The Morgan fingerprint density at radius 2 is 1.73 bits per heavy atom. The fourth-order valence-corrected chi connectivity index (χ4v) is 4.63. The largest absolute Gasteiger partial charge is 0.491 e. The molecular formula is C20H22F2N2O5S. The van der Waals surface area contributed by atoms with Crippen LogP contribution >= 0.6 is 0 Å². The minimum Gasteiger partial charge on any atom is -0.491 e. The van der Waals surface area contributed by atoms with Gasteiger partial charge in [0.1, 0.15) is 5.82 Å². The van der Waals surface area contributed by atoms with Crippen molar-refractivity contribution in [2.24, 2.45) is 0 Å². The Kier molecular flexibility index (Phi) is 6.88. The van der Waals surface area contributed by atoms with Crippen molar-refractivity contribution in [3.8, 4) is 5.75 Å². The molecule has 1 heterocycles. The molecule has 2 aromatic carbocycles. The molecule has 0 amide bonds. The summed E-state index contributed by atoms with van der Waals surface area (Å²) in [5.74, 6) is -2.31. The number of para-hydroxylation sites is 1. The van der Waals surface area contributed by atoms with Gasteiger partial charge in [0.25, 0.3) is 0 Å². The zero-order valence-corrected chi connectivity index (χ0v) is 16.9. The Balaban J connectivity index is 1.64. The molecule has 7 nitrogen and oxygen atoms in total. The summed E-state index contributed by atoms with van der Waals surface area (Å²) in [6.45, 7) is 0.922. The van der Waals surface area contributed by atoms with Crippen molar-refractivity contribution in [1.29, 1.82) is 0 Å². The second kappa shape index (κ2) is 9.40. The number of ether oxygens (including phenoxy) is 1. The van der Waals surface area contributed by atoms with E-state index in [1.807, 2.05) is 0 Å². The fourth-order valence-electron chi connectivity index (χ4n) is 3.19. The lowest BCUT2D eigenvalue weighted by atomic mass is 10.2. The topological polar surface area (TPSA) is 87.1 Å². The molecule has 162 valence electrons. The summed E-state index contributed by atoms with van der Waals surface area (Å²) in [4.78, 5) is 12.1. The highest BCUT2D eigenvalue weighted by atomic mass is 32.2. The molecule has 0 saturated carbocycles. The zero-order valence-electron chi connectivity index (χ0n) is 16.1. The van der Waals surface area contributed by atoms with Crippen LogP contribution in [0.1, 0.15) is 12.8 Å². The third-order valence-corrected chi connectivity index (χ3v) is 6.66. The molecule has 0 aromatic heterocycles. The molecule has 0 radical (unpaired) electrons. The fraction of sp³-hybridized carbons (Fsp3) is 0.350. The van der Waals surface area contributed by atoms with Gasteiger partial charge in [0.2, 0.25) is 10.0 Å². The van der Waals surface area contributed by atoms with E-state index >= 15 is 0 Å². The van der Waals surface area contributed by atoms with E-state index in [9.17, 15) is 22.0 Å². The molecule has 0 atom stereocenters. The van der Waals surface area contributed by atoms with Crippen LogP contribution in [-0.4, -0.2) is 56.6 Å². The Bertz CT molecular complexity index is 1010. The number of piperazine rings is 1. The van der Waals surface area contributed by atoms with Gasteiger partial charge in [-0.3, -0.25) is 4.79 Å². The summed E-state index contributed by atoms with van der Waals surface area (Å²) in [5, 5.41) is 8.59. The van der Waals surface area contributed by atoms with Crippen molar-refractivity contribution in [3.05, 3.63) is 54.1 Å². The Labute approximate surface area is 173 Å². The normalized spacial score (nSPS) is 15.2. The first-order valence-electron chi connectivity index (χ1n) is 9.43. The molecule has 10 heteroatoms. The van der Waals surface area contributed by atoms with Gasteiger partial charge in [-0.25, -0.2) is 17.2 Å². The van der Waals surface area contributed by atoms with E-state index in [-0.39, 0.29) is 49.0 Å². The lowest BCUT2D eigenvalue weighted by Crippen LogP contribution is -2.48. The van der Waals surface area contributed by atoms with Gasteiger partial charge in [0.05, 0.1) is 17.2 Å². The van der Waals surface area contributed by atoms with E-state index in [1.165, 1.54) is 22.5 Å². The molecule has 0 spiro atoms. The molecule has 30 heavy (non-hydrogen) atoms. The summed E-state index contributed by atoms with van der Waals surface area (Å²) in [6.07, 6.45) is 0.105. The van der Waals surface area contributed by atoms with Crippen LogP contribution in [0.2, 0.25) is 0 Å². The van der Waals surface area contributed by atoms with Gasteiger partial charge < -0.3 is 14.7 Å². The number of nitrogens with zero attached hydrogens (tertiary/aromatic N) is 2. The first-order valence-corrected chi connectivity index (χ1v) is 10.9. The van der Waals surface area contributed by atoms with Gasteiger partial charge in [0, 0.05) is 32.6 Å². The predicted molar refractivity (Wildman–Crippen MR) is 106 cm³/mol. The predicted octanol–water partition coefficient (Wildman–Crippen LogP) is 2.72. The second-order valence-electron chi connectivity index (χ2n) is 6.78. The summed E-state index contributed by atoms with van der Waals surface area (Å²) < 4.78 is 60.4. The molecular weight excluding hydrogens is 418 g/mol. The molecule has 3 rings (SSSR count). The molecule has 0 bridgehead atoms. The SMILES string of the molecule is O=C(O)CCCOc1ccc(S(=O)(=O)N2CCN(c3ccccc3F)CC2)cc1F. The minimum atomic E-state index is -3.91. The highest BCUT2D eigenvalue weighted by Crippen LogP contribution is 2.26. The standard InChI is InChI=1S/C20H22F2N2O5S/c21-16-4-1-2-5-18(16)23-9-11-24(12-10-23)30(27,28)15-7-8-19(17(22)14-15)29-13-3-6-20(25)26/h1-2,4-5,7-8,14H,3,6,9-13H2,(H,25,26). The van der Waals surface area contributed by atoms with Crippen LogP contribution in [-0.2, 0) is 14.8 Å². The minimum absolute atomic E-state index is 0.00726. The lowest BCUT2D eigenvalue weighted by Gasteiger charge is -2.35. The maximum absolute atomic E-state index is 14.3. The van der Waals surface area contributed by atoms with Crippen molar-refractivity contribution in [3.63, 3.8) is 0 Å². The van der Waals surface area contributed by atoms with Crippen LogP contribution in [0.15, 0.2) is 47.4 Å². The number of sulfonamides is 1. The third-order valence-electron chi connectivity index (χ3n) is 4.77. The Morgan fingerprint density at radius 1 is 1.03 bits per heavy atom. The van der Waals surface area contributed by atoms with E-state index < -0.39 is 21.8 Å². The van der Waals surface area contributed by atoms with E-state index in [0.29, 0.717) is 18.8 Å². The van der Waals surface area contributed by atoms with Gasteiger partial charge in [-0.05, 0) is 36.8 Å². The average Bonchev–Trinajstić information content (AvgIpc) is 2.72. The van der Waals surface area contributed by atoms with E-state index in [1.54, 1.807) is 23.1 Å². The van der Waals surface area contributed by atoms with Gasteiger partial charge in [0.15, 0.2) is 11.6 Å². The number of anilines is 1. The number of carboxylic acid groups (broad SMARTS) is 1. The molecule has 1 N–H and O–H groups in total. The van der Waals surface area contributed by atoms with Gasteiger partial charge >= 0.3 is 5.97 Å². The summed E-state index contributed by atoms with van der Waals surface area (Å²) >= 11 is 0. The smallest absolute Gasteiger partial charge is 0.303 e. The summed E-state index contributed by atoms with van der Waals surface area (Å²) in [6, 6.07) is 9.68. The summed E-state index contributed by atoms with van der Waals surface area (Å²) in [5.41, 5.74) is 0.421. The number of hydrogen-bond acceptors (Lipinski definition) is 5. The highest BCUT2D eigenvalue weighted by molar-refractivity contribution is 7.89. The number of halogens is 2. The van der Waals surface area contributed by atoms with Crippen LogP contribution in [0, 0.1) is 11.6 Å². The van der Waals surface area contributed by atoms with Gasteiger partial charge in [-0.1, -0.05) is 12.1 Å². The van der Waals surface area contributed by atoms with Crippen molar-refractivity contribution >= 4 is 21.7 Å². The number of benzene rings is 2. The van der Waals surface area contributed by atoms with Gasteiger partial charge in [-0.2, -0.15) is 4.31 Å². The van der Waals surface area contributed by atoms with Crippen LogP contribution in [0.5, 0.6) is 5.75 Å². The summed E-state index contributed by atoms with van der Waals surface area (Å²) in [7, 11) is -3.91. The molecule has 0 aliphatic carbocycles. The zero-order chi connectivity index (χ0) is 21.7. The number of hydrogen-bond donors (Lipinski definition) is 1. The Morgan fingerprint density at radius 3 is 2.37 bits per heavy atom. The third kappa shape index (κ3) is 5.06. The van der Waals surface area contributed by atoms with Crippen molar-refractivity contribution < 1.29 is 31.8 Å². The molecule has 1 aliphatic heterocycles. The number of carboxylic acids is 1. The van der Waals surface area contributed by atoms with Crippen molar-refractivity contribution in [2.75, 3.05) is 37.7 Å². The average molecular weight is 440 g/mol. The molecule has 0 unspecified atom stereocenters. The van der Waals surface area contributed by atoms with Crippen molar-refractivity contribution in [2.45, 2.75) is 17.7 Å². The van der Waals surface area contributed by atoms with E-state index in [2.05, 4.69) is 0 Å². The number of rotatable bonds is 8. The Hall–Kier alpha value is -2.72. The van der Waals surface area contributed by atoms with Crippen LogP contribution in [0.25, 0.3) is 0 Å².